The molecule has 3 heteroatoms. The number of carbonyl (C=O) groups excluding carboxylic acids is 1. The second-order valence-corrected chi connectivity index (χ2v) is 4.52. The van der Waals surface area contributed by atoms with Crippen molar-refractivity contribution in [2.24, 2.45) is 5.73 Å². The monoisotopic (exact) mass is 257 g/mol. The second-order valence-electron chi connectivity index (χ2n) is 4.52. The van der Waals surface area contributed by atoms with Crippen LogP contribution in [0.4, 0.5) is 0 Å². The number of nitrogens with two attached hydrogens (primary N) is 1. The quantitative estimate of drug-likeness (QED) is 0.837. The molecular formula is C16H19NO2. The molecule has 100 valence electrons. The van der Waals surface area contributed by atoms with E-state index in [0.717, 1.165) is 10.9 Å². The third-order valence-electron chi connectivity index (χ3n) is 3.19. The molecule has 0 aliphatic carbocycles. The predicted molar refractivity (Wildman–Crippen MR) is 76.7 cm³/mol. The Kier molecular flexibility index (Phi) is 4.53. The van der Waals surface area contributed by atoms with Gasteiger partial charge in [-0.1, -0.05) is 42.5 Å². The van der Waals surface area contributed by atoms with Gasteiger partial charge in [-0.3, -0.25) is 4.79 Å². The van der Waals surface area contributed by atoms with E-state index in [1.807, 2.05) is 31.2 Å². The second kappa shape index (κ2) is 6.34. The normalized spacial score (nSPS) is 12.3. The van der Waals surface area contributed by atoms with Crippen LogP contribution in [0.25, 0.3) is 10.8 Å². The Morgan fingerprint density at radius 2 is 1.95 bits per heavy atom. The molecule has 0 aromatic heterocycles. The minimum atomic E-state index is -0.182. The maximum Gasteiger partial charge on any atom is 0.305 e. The molecule has 0 fully saturated rings. The number of hydrogen-bond donors (Lipinski definition) is 1. The van der Waals surface area contributed by atoms with E-state index >= 15 is 0 Å². The van der Waals surface area contributed by atoms with Gasteiger partial charge in [0.1, 0.15) is 0 Å². The van der Waals surface area contributed by atoms with Gasteiger partial charge in [-0.25, -0.2) is 0 Å². The van der Waals surface area contributed by atoms with Crippen LogP contribution in [0.3, 0.4) is 0 Å². The van der Waals surface area contributed by atoms with Crippen molar-refractivity contribution < 1.29 is 9.53 Å². The van der Waals surface area contributed by atoms with Gasteiger partial charge >= 0.3 is 5.97 Å². The fourth-order valence-corrected chi connectivity index (χ4v) is 2.24. The zero-order valence-corrected chi connectivity index (χ0v) is 11.1. The number of fused-ring (bicyclic) bond motifs is 1. The maximum atomic E-state index is 11.4. The summed E-state index contributed by atoms with van der Waals surface area (Å²) in [7, 11) is 0. The Bertz CT molecular complexity index is 560. The summed E-state index contributed by atoms with van der Waals surface area (Å²) < 4.78 is 4.92. The number of hydrogen-bond acceptors (Lipinski definition) is 3. The smallest absolute Gasteiger partial charge is 0.305 e. The van der Waals surface area contributed by atoms with Crippen molar-refractivity contribution in [3.05, 3.63) is 48.0 Å². The molecule has 2 aromatic carbocycles. The summed E-state index contributed by atoms with van der Waals surface area (Å²) in [6, 6.07) is 14.1. The fourth-order valence-electron chi connectivity index (χ4n) is 2.24. The Morgan fingerprint density at radius 1 is 1.21 bits per heavy atom. The van der Waals surface area contributed by atoms with E-state index in [1.54, 1.807) is 0 Å². The molecule has 0 amide bonds. The van der Waals surface area contributed by atoms with E-state index in [-0.39, 0.29) is 12.0 Å². The summed E-state index contributed by atoms with van der Waals surface area (Å²) in [6.07, 6.45) is 0.963. The number of benzene rings is 2. The van der Waals surface area contributed by atoms with Gasteiger partial charge in [-0.2, -0.15) is 0 Å². The van der Waals surface area contributed by atoms with Crippen LogP contribution in [0.1, 0.15) is 31.4 Å². The van der Waals surface area contributed by atoms with E-state index < -0.39 is 0 Å². The fraction of sp³-hybridized carbons (Fsp3) is 0.312. The molecule has 1 unspecified atom stereocenters. The zero-order chi connectivity index (χ0) is 13.7. The van der Waals surface area contributed by atoms with E-state index in [1.165, 1.54) is 5.39 Å². The van der Waals surface area contributed by atoms with Crippen molar-refractivity contribution in [2.45, 2.75) is 25.8 Å². The highest BCUT2D eigenvalue weighted by Gasteiger charge is 2.12. The molecule has 0 aliphatic rings. The van der Waals surface area contributed by atoms with Crippen molar-refractivity contribution in [1.82, 2.24) is 0 Å². The van der Waals surface area contributed by atoms with Crippen molar-refractivity contribution in [1.29, 1.82) is 0 Å². The van der Waals surface area contributed by atoms with Gasteiger partial charge < -0.3 is 10.5 Å². The lowest BCUT2D eigenvalue weighted by atomic mass is 9.96. The van der Waals surface area contributed by atoms with Crippen molar-refractivity contribution >= 4 is 16.7 Å². The van der Waals surface area contributed by atoms with Gasteiger partial charge in [0.2, 0.25) is 0 Å². The molecule has 0 saturated carbocycles. The molecule has 3 nitrogen and oxygen atoms in total. The predicted octanol–water partition coefficient (Wildman–Crippen LogP) is 3.18. The van der Waals surface area contributed by atoms with Crippen LogP contribution < -0.4 is 5.73 Å². The molecule has 0 saturated heterocycles. The molecule has 2 aromatic rings. The van der Waals surface area contributed by atoms with E-state index in [2.05, 4.69) is 18.2 Å². The van der Waals surface area contributed by atoms with Crippen molar-refractivity contribution in [3.63, 3.8) is 0 Å². The Balaban J connectivity index is 2.13. The van der Waals surface area contributed by atoms with E-state index in [4.69, 9.17) is 10.5 Å². The largest absolute Gasteiger partial charge is 0.466 e. The maximum absolute atomic E-state index is 11.4. The molecule has 0 aliphatic heterocycles. The van der Waals surface area contributed by atoms with E-state index in [9.17, 15) is 4.79 Å². The lowest BCUT2D eigenvalue weighted by Gasteiger charge is -2.14. The average molecular weight is 257 g/mol. The molecule has 0 spiro atoms. The van der Waals surface area contributed by atoms with Gasteiger partial charge in [0.25, 0.3) is 0 Å². The molecule has 19 heavy (non-hydrogen) atoms. The zero-order valence-electron chi connectivity index (χ0n) is 11.1. The van der Waals surface area contributed by atoms with Crippen molar-refractivity contribution in [2.75, 3.05) is 6.61 Å². The summed E-state index contributed by atoms with van der Waals surface area (Å²) in [6.45, 7) is 2.23. The Hall–Kier alpha value is -1.87. The minimum Gasteiger partial charge on any atom is -0.466 e. The number of carbonyl (C=O) groups is 1. The van der Waals surface area contributed by atoms with Crippen LogP contribution in [-0.4, -0.2) is 12.6 Å². The molecule has 0 radical (unpaired) electrons. The summed E-state index contributed by atoms with van der Waals surface area (Å²) in [5.74, 6) is -0.182. The van der Waals surface area contributed by atoms with Crippen LogP contribution in [0.5, 0.6) is 0 Å². The molecule has 2 rings (SSSR count). The van der Waals surface area contributed by atoms with E-state index in [0.29, 0.717) is 19.4 Å². The first kappa shape index (κ1) is 13.6. The topological polar surface area (TPSA) is 52.3 Å². The molecule has 1 atom stereocenters. The number of rotatable bonds is 5. The highest BCUT2D eigenvalue weighted by Crippen LogP contribution is 2.25. The highest BCUT2D eigenvalue weighted by atomic mass is 16.5. The Labute approximate surface area is 113 Å². The number of esters is 1. The van der Waals surface area contributed by atoms with Crippen LogP contribution in [0.15, 0.2) is 42.5 Å². The Morgan fingerprint density at radius 3 is 2.74 bits per heavy atom. The molecule has 2 N–H and O–H groups in total. The van der Waals surface area contributed by atoms with Gasteiger partial charge in [0.05, 0.1) is 6.61 Å². The number of ether oxygens (including phenoxy) is 1. The minimum absolute atomic E-state index is 0.143. The molecule has 0 heterocycles. The first-order valence-corrected chi connectivity index (χ1v) is 6.61. The lowest BCUT2D eigenvalue weighted by molar-refractivity contribution is -0.143. The standard InChI is InChI=1S/C16H19NO2/c1-2-19-16(18)11-10-15(17)14-9-5-7-12-6-3-4-8-13(12)14/h3-9,15H,2,10-11,17H2,1H3. The van der Waals surface area contributed by atoms with Crippen LogP contribution in [0, 0.1) is 0 Å². The van der Waals surface area contributed by atoms with Gasteiger partial charge in [-0.15, -0.1) is 0 Å². The van der Waals surface area contributed by atoms with Gasteiger partial charge in [0, 0.05) is 12.5 Å². The highest BCUT2D eigenvalue weighted by molar-refractivity contribution is 5.86. The summed E-state index contributed by atoms with van der Waals surface area (Å²) in [5, 5.41) is 2.33. The first-order valence-electron chi connectivity index (χ1n) is 6.61. The van der Waals surface area contributed by atoms with Gasteiger partial charge in [0.15, 0.2) is 0 Å². The molecule has 0 bridgehead atoms. The third kappa shape index (κ3) is 3.32. The third-order valence-corrected chi connectivity index (χ3v) is 3.19. The first-order chi connectivity index (χ1) is 9.22. The summed E-state index contributed by atoms with van der Waals surface area (Å²) in [5.41, 5.74) is 7.28. The summed E-state index contributed by atoms with van der Waals surface area (Å²) in [4.78, 5) is 11.4. The van der Waals surface area contributed by atoms with Crippen molar-refractivity contribution in [3.8, 4) is 0 Å². The van der Waals surface area contributed by atoms with Crippen LogP contribution in [0.2, 0.25) is 0 Å². The van der Waals surface area contributed by atoms with Crippen LogP contribution in [-0.2, 0) is 9.53 Å². The molecular weight excluding hydrogens is 238 g/mol. The lowest BCUT2D eigenvalue weighted by Crippen LogP contribution is -2.14. The average Bonchev–Trinajstić information content (AvgIpc) is 2.44. The SMILES string of the molecule is CCOC(=O)CCC(N)c1cccc2ccccc12. The summed E-state index contributed by atoms with van der Waals surface area (Å²) >= 11 is 0. The van der Waals surface area contributed by atoms with Gasteiger partial charge in [-0.05, 0) is 29.7 Å². The van der Waals surface area contributed by atoms with Crippen LogP contribution >= 0.6 is 0 Å².